The molecule has 1 aromatic carbocycles. The maximum Gasteiger partial charge on any atom is 0.251 e. The Morgan fingerprint density at radius 1 is 1.12 bits per heavy atom. The van der Waals surface area contributed by atoms with Crippen molar-refractivity contribution in [3.8, 4) is 0 Å². The summed E-state index contributed by atoms with van der Waals surface area (Å²) < 4.78 is 5.48. The lowest BCUT2D eigenvalue weighted by Crippen LogP contribution is -2.47. The third-order valence-electron chi connectivity index (χ3n) is 3.84. The van der Waals surface area contributed by atoms with Crippen molar-refractivity contribution in [2.45, 2.75) is 52.5 Å². The van der Waals surface area contributed by atoms with Gasteiger partial charge in [-0.25, -0.2) is 0 Å². The molecule has 0 spiro atoms. The molecule has 6 heteroatoms. The topological polar surface area (TPSA) is 67.4 Å². The van der Waals surface area contributed by atoms with Gasteiger partial charge in [0.25, 0.3) is 5.91 Å². The zero-order valence-corrected chi connectivity index (χ0v) is 16.8. The van der Waals surface area contributed by atoms with Crippen molar-refractivity contribution in [2.24, 2.45) is 5.92 Å². The number of carbonyl (C=O) groups is 2. The van der Waals surface area contributed by atoms with Crippen molar-refractivity contribution in [3.05, 3.63) is 34.9 Å². The summed E-state index contributed by atoms with van der Waals surface area (Å²) in [6, 6.07) is 6.06. The van der Waals surface area contributed by atoms with Crippen molar-refractivity contribution in [3.63, 3.8) is 0 Å². The molecule has 0 aliphatic rings. The molecule has 26 heavy (non-hydrogen) atoms. The van der Waals surface area contributed by atoms with Gasteiger partial charge >= 0.3 is 0 Å². The third-order valence-corrected chi connectivity index (χ3v) is 4.09. The summed E-state index contributed by atoms with van der Waals surface area (Å²) >= 11 is 5.85. The molecule has 0 radical (unpaired) electrons. The Morgan fingerprint density at radius 3 is 2.38 bits per heavy atom. The average molecular weight is 383 g/mol. The van der Waals surface area contributed by atoms with E-state index in [-0.39, 0.29) is 17.7 Å². The smallest absolute Gasteiger partial charge is 0.251 e. The molecule has 146 valence electrons. The monoisotopic (exact) mass is 382 g/mol. The summed E-state index contributed by atoms with van der Waals surface area (Å²) in [6.07, 6.45) is 3.51. The van der Waals surface area contributed by atoms with Crippen LogP contribution in [0.4, 0.5) is 0 Å². The van der Waals surface area contributed by atoms with Crippen molar-refractivity contribution in [1.82, 2.24) is 10.6 Å². The largest absolute Gasteiger partial charge is 0.381 e. The van der Waals surface area contributed by atoms with Gasteiger partial charge in [-0.3, -0.25) is 9.59 Å². The predicted molar refractivity (Wildman–Crippen MR) is 106 cm³/mol. The van der Waals surface area contributed by atoms with E-state index in [4.69, 9.17) is 16.3 Å². The van der Waals surface area contributed by atoms with Crippen LogP contribution in [-0.2, 0) is 9.53 Å². The second-order valence-corrected chi connectivity index (χ2v) is 7.21. The lowest BCUT2D eigenvalue weighted by Gasteiger charge is -2.20. The van der Waals surface area contributed by atoms with Gasteiger partial charge in [0.05, 0.1) is 0 Å². The molecule has 1 unspecified atom stereocenters. The molecule has 0 saturated carbocycles. The molecule has 0 heterocycles. The zero-order chi connectivity index (χ0) is 19.4. The minimum atomic E-state index is -0.556. The van der Waals surface area contributed by atoms with E-state index in [1.807, 2.05) is 13.8 Å². The highest BCUT2D eigenvalue weighted by atomic mass is 35.5. The van der Waals surface area contributed by atoms with E-state index in [0.29, 0.717) is 30.2 Å². The van der Waals surface area contributed by atoms with Crippen LogP contribution in [0.3, 0.4) is 0 Å². The van der Waals surface area contributed by atoms with E-state index >= 15 is 0 Å². The number of rotatable bonds is 12. The Balaban J connectivity index is 2.47. The molecule has 0 aliphatic heterocycles. The van der Waals surface area contributed by atoms with Crippen LogP contribution in [0.15, 0.2) is 24.3 Å². The lowest BCUT2D eigenvalue weighted by molar-refractivity contribution is -0.123. The number of ether oxygens (including phenoxy) is 1. The quantitative estimate of drug-likeness (QED) is 0.540. The lowest BCUT2D eigenvalue weighted by atomic mass is 10.0. The molecular weight excluding hydrogens is 352 g/mol. The second kappa shape index (κ2) is 12.7. The maximum atomic E-state index is 12.4. The Bertz CT molecular complexity index is 546. The van der Waals surface area contributed by atoms with E-state index in [2.05, 4.69) is 17.6 Å². The van der Waals surface area contributed by atoms with Crippen LogP contribution in [0.5, 0.6) is 0 Å². The van der Waals surface area contributed by atoms with E-state index in [0.717, 1.165) is 25.9 Å². The second-order valence-electron chi connectivity index (χ2n) is 6.77. The minimum Gasteiger partial charge on any atom is -0.381 e. The van der Waals surface area contributed by atoms with Crippen LogP contribution in [0.25, 0.3) is 0 Å². The molecule has 2 N–H and O–H groups in total. The Morgan fingerprint density at radius 2 is 1.77 bits per heavy atom. The fourth-order valence-corrected chi connectivity index (χ4v) is 2.53. The molecule has 0 fully saturated rings. The first kappa shape index (κ1) is 22.5. The van der Waals surface area contributed by atoms with Crippen LogP contribution >= 0.6 is 11.6 Å². The first-order valence-corrected chi connectivity index (χ1v) is 9.73. The van der Waals surface area contributed by atoms with Crippen LogP contribution in [-0.4, -0.2) is 37.6 Å². The number of halogens is 1. The van der Waals surface area contributed by atoms with Gasteiger partial charge in [-0.05, 0) is 49.4 Å². The van der Waals surface area contributed by atoms with Gasteiger partial charge in [0.2, 0.25) is 5.91 Å². The summed E-state index contributed by atoms with van der Waals surface area (Å²) in [7, 11) is 0. The predicted octanol–water partition coefficient (Wildman–Crippen LogP) is 3.81. The van der Waals surface area contributed by atoms with E-state index in [9.17, 15) is 9.59 Å². The molecule has 1 aromatic rings. The van der Waals surface area contributed by atoms with Crippen molar-refractivity contribution in [1.29, 1.82) is 0 Å². The number of carbonyl (C=O) groups excluding carboxylic acids is 2. The first-order valence-electron chi connectivity index (χ1n) is 9.36. The molecule has 0 saturated heterocycles. The third kappa shape index (κ3) is 9.20. The number of unbranched alkanes of at least 4 members (excludes halogenated alkanes) is 1. The van der Waals surface area contributed by atoms with Gasteiger partial charge in [0.1, 0.15) is 6.04 Å². The molecular formula is C20H31ClN2O3. The standard InChI is InChI=1S/C20H31ClN2O3/c1-4-5-12-26-13-6-11-22-20(25)18(14-15(2)3)23-19(24)16-7-9-17(21)10-8-16/h7-10,15,18H,4-6,11-14H2,1-3H3,(H,22,25)(H,23,24). The van der Waals surface area contributed by atoms with Crippen LogP contribution in [0.2, 0.25) is 5.02 Å². The molecule has 0 bridgehead atoms. The van der Waals surface area contributed by atoms with Crippen LogP contribution in [0.1, 0.15) is 56.8 Å². The van der Waals surface area contributed by atoms with Gasteiger partial charge in [-0.15, -0.1) is 0 Å². The van der Waals surface area contributed by atoms with Crippen LogP contribution < -0.4 is 10.6 Å². The van der Waals surface area contributed by atoms with Gasteiger partial charge < -0.3 is 15.4 Å². The molecule has 1 rings (SSSR count). The van der Waals surface area contributed by atoms with E-state index in [1.54, 1.807) is 24.3 Å². The molecule has 0 aliphatic carbocycles. The highest BCUT2D eigenvalue weighted by Crippen LogP contribution is 2.11. The van der Waals surface area contributed by atoms with Crippen LogP contribution in [0, 0.1) is 5.92 Å². The van der Waals surface area contributed by atoms with Crippen molar-refractivity contribution < 1.29 is 14.3 Å². The van der Waals surface area contributed by atoms with Crippen molar-refractivity contribution >= 4 is 23.4 Å². The van der Waals surface area contributed by atoms with Gasteiger partial charge in [-0.2, -0.15) is 0 Å². The Hall–Kier alpha value is -1.59. The Labute approximate surface area is 161 Å². The zero-order valence-electron chi connectivity index (χ0n) is 16.0. The fourth-order valence-electron chi connectivity index (χ4n) is 2.40. The number of hydrogen-bond donors (Lipinski definition) is 2. The van der Waals surface area contributed by atoms with Gasteiger partial charge in [-0.1, -0.05) is 38.8 Å². The minimum absolute atomic E-state index is 0.158. The van der Waals surface area contributed by atoms with Gasteiger partial charge in [0.15, 0.2) is 0 Å². The highest BCUT2D eigenvalue weighted by molar-refractivity contribution is 6.30. The highest BCUT2D eigenvalue weighted by Gasteiger charge is 2.22. The van der Waals surface area contributed by atoms with E-state index in [1.165, 1.54) is 0 Å². The molecule has 2 amide bonds. The first-order chi connectivity index (χ1) is 12.4. The summed E-state index contributed by atoms with van der Waals surface area (Å²) in [4.78, 5) is 24.8. The Kier molecular flexibility index (Phi) is 11.0. The summed E-state index contributed by atoms with van der Waals surface area (Å²) in [5, 5.41) is 6.29. The van der Waals surface area contributed by atoms with E-state index < -0.39 is 6.04 Å². The maximum absolute atomic E-state index is 12.4. The number of benzene rings is 1. The molecule has 1 atom stereocenters. The summed E-state index contributed by atoms with van der Waals surface area (Å²) in [5.41, 5.74) is 0.486. The number of amides is 2. The van der Waals surface area contributed by atoms with Gasteiger partial charge in [0, 0.05) is 30.3 Å². The number of hydrogen-bond acceptors (Lipinski definition) is 3. The fraction of sp³-hybridized carbons (Fsp3) is 0.600. The molecule has 5 nitrogen and oxygen atoms in total. The summed E-state index contributed by atoms with van der Waals surface area (Å²) in [5.74, 6) is -0.145. The average Bonchev–Trinajstić information content (AvgIpc) is 2.60. The summed E-state index contributed by atoms with van der Waals surface area (Å²) in [6.45, 7) is 8.10. The number of nitrogens with one attached hydrogen (secondary N) is 2. The molecule has 0 aromatic heterocycles. The SMILES string of the molecule is CCCCOCCCNC(=O)C(CC(C)C)NC(=O)c1ccc(Cl)cc1. The normalized spacial score (nSPS) is 12.0. The van der Waals surface area contributed by atoms with Crippen molar-refractivity contribution in [2.75, 3.05) is 19.8 Å².